The molecular weight excluding hydrogens is 383 g/mol. The number of alkyl halides is 3. The van der Waals surface area contributed by atoms with Crippen LogP contribution >= 0.6 is 12.4 Å². The third-order valence-corrected chi connectivity index (χ3v) is 3.94. The third-order valence-electron chi connectivity index (χ3n) is 3.94. The highest BCUT2D eigenvalue weighted by atomic mass is 35.5. The van der Waals surface area contributed by atoms with Gasteiger partial charge in [0.05, 0.1) is 18.3 Å². The first-order valence-corrected chi connectivity index (χ1v) is 8.09. The van der Waals surface area contributed by atoms with Crippen LogP contribution in [-0.2, 0) is 10.9 Å². The summed E-state index contributed by atoms with van der Waals surface area (Å²) in [5.74, 6) is 0. The summed E-state index contributed by atoms with van der Waals surface area (Å²) in [7, 11) is 0. The lowest BCUT2D eigenvalue weighted by Gasteiger charge is -2.24. The van der Waals surface area contributed by atoms with Crippen LogP contribution in [-0.4, -0.2) is 25.7 Å². The Morgan fingerprint density at radius 2 is 1.56 bits per heavy atom. The number of hydrogen-bond donors (Lipinski definition) is 3. The molecule has 1 saturated heterocycles. The molecule has 0 aromatic heterocycles. The number of morpholine rings is 1. The number of carbonyl (C=O) groups excluding carboxylic acids is 1. The molecule has 1 aliphatic rings. The van der Waals surface area contributed by atoms with Crippen molar-refractivity contribution < 1.29 is 22.7 Å². The summed E-state index contributed by atoms with van der Waals surface area (Å²) in [5, 5.41) is 8.38. The molecule has 1 fully saturated rings. The van der Waals surface area contributed by atoms with Gasteiger partial charge >= 0.3 is 12.2 Å². The Balaban J connectivity index is 0.00000261. The van der Waals surface area contributed by atoms with Crippen molar-refractivity contribution in [2.45, 2.75) is 12.3 Å². The maximum absolute atomic E-state index is 12.5. The van der Waals surface area contributed by atoms with Gasteiger partial charge in [0.1, 0.15) is 0 Å². The molecule has 3 rings (SSSR count). The summed E-state index contributed by atoms with van der Waals surface area (Å²) < 4.78 is 43.2. The summed E-state index contributed by atoms with van der Waals surface area (Å²) in [6, 6.07) is 11.0. The summed E-state index contributed by atoms with van der Waals surface area (Å²) >= 11 is 0. The maximum Gasteiger partial charge on any atom is 0.416 e. The minimum atomic E-state index is -4.40. The Morgan fingerprint density at radius 1 is 1.00 bits per heavy atom. The van der Waals surface area contributed by atoms with E-state index in [1.807, 2.05) is 12.1 Å². The van der Waals surface area contributed by atoms with Gasteiger partial charge in [-0.3, -0.25) is 0 Å². The van der Waals surface area contributed by atoms with Crippen LogP contribution in [0.1, 0.15) is 17.2 Å². The first-order valence-electron chi connectivity index (χ1n) is 8.09. The maximum atomic E-state index is 12.5. The Hall–Kier alpha value is -2.29. The highest BCUT2D eigenvalue weighted by Crippen LogP contribution is 2.29. The Labute approximate surface area is 160 Å². The van der Waals surface area contributed by atoms with Crippen molar-refractivity contribution in [1.29, 1.82) is 0 Å². The minimum Gasteiger partial charge on any atom is -0.371 e. The van der Waals surface area contributed by atoms with E-state index in [1.165, 1.54) is 12.1 Å². The normalized spacial score (nSPS) is 16.9. The molecule has 146 valence electrons. The van der Waals surface area contributed by atoms with Gasteiger partial charge in [0.15, 0.2) is 0 Å². The number of halogens is 4. The van der Waals surface area contributed by atoms with Gasteiger partial charge in [-0.1, -0.05) is 12.1 Å². The van der Waals surface area contributed by atoms with Gasteiger partial charge in [-0.15, -0.1) is 12.4 Å². The predicted octanol–water partition coefficient (Wildman–Crippen LogP) is 4.43. The summed E-state index contributed by atoms with van der Waals surface area (Å²) in [4.78, 5) is 12.0. The number of rotatable bonds is 3. The molecule has 0 spiro atoms. The number of urea groups is 1. The van der Waals surface area contributed by atoms with Crippen LogP contribution < -0.4 is 16.0 Å². The van der Waals surface area contributed by atoms with Crippen LogP contribution in [0.3, 0.4) is 0 Å². The number of ether oxygens (including phenoxy) is 1. The molecule has 1 atom stereocenters. The van der Waals surface area contributed by atoms with Crippen molar-refractivity contribution >= 4 is 29.8 Å². The number of nitrogens with one attached hydrogen (secondary N) is 3. The van der Waals surface area contributed by atoms with Crippen molar-refractivity contribution in [1.82, 2.24) is 5.32 Å². The van der Waals surface area contributed by atoms with E-state index in [0.717, 1.165) is 30.8 Å². The van der Waals surface area contributed by atoms with Gasteiger partial charge in [-0.2, -0.15) is 13.2 Å². The van der Waals surface area contributed by atoms with Gasteiger partial charge in [0, 0.05) is 24.5 Å². The van der Waals surface area contributed by atoms with E-state index in [-0.39, 0.29) is 24.2 Å². The fraction of sp³-hybridized carbons (Fsp3) is 0.278. The molecule has 0 bridgehead atoms. The zero-order valence-corrected chi connectivity index (χ0v) is 15.0. The van der Waals surface area contributed by atoms with Crippen LogP contribution in [0.2, 0.25) is 0 Å². The Morgan fingerprint density at radius 3 is 2.04 bits per heavy atom. The van der Waals surface area contributed by atoms with Crippen LogP contribution in [0, 0.1) is 0 Å². The molecule has 27 heavy (non-hydrogen) atoms. The molecule has 0 radical (unpaired) electrons. The van der Waals surface area contributed by atoms with Crippen molar-refractivity contribution in [3.05, 3.63) is 59.7 Å². The molecule has 0 saturated carbocycles. The first-order chi connectivity index (χ1) is 12.4. The summed E-state index contributed by atoms with van der Waals surface area (Å²) in [6.45, 7) is 2.22. The Kier molecular flexibility index (Phi) is 7.06. The predicted molar refractivity (Wildman–Crippen MR) is 99.3 cm³/mol. The SMILES string of the molecule is Cl.O=C(Nc1ccc([C@@H]2CNCCO2)cc1)Nc1ccc(C(F)(F)F)cc1. The molecule has 5 nitrogen and oxygen atoms in total. The van der Waals surface area contributed by atoms with Crippen LogP contribution in [0.5, 0.6) is 0 Å². The second-order valence-corrected chi connectivity index (χ2v) is 5.84. The average molecular weight is 402 g/mol. The van der Waals surface area contributed by atoms with Crippen LogP contribution in [0.4, 0.5) is 29.3 Å². The highest BCUT2D eigenvalue weighted by Gasteiger charge is 2.30. The standard InChI is InChI=1S/C18H18F3N3O2.ClH/c19-18(20,21)13-3-7-15(8-4-13)24-17(25)23-14-5-1-12(2-6-14)16-11-22-9-10-26-16;/h1-8,16,22H,9-11H2,(H2,23,24,25);1H/t16-;/m0./s1. The molecule has 3 N–H and O–H groups in total. The average Bonchev–Trinajstić information content (AvgIpc) is 2.63. The molecule has 2 aromatic carbocycles. The second kappa shape index (κ2) is 9.07. The molecular formula is C18H19ClF3N3O2. The molecule has 9 heteroatoms. The molecule has 1 aliphatic heterocycles. The van der Waals surface area contributed by atoms with Crippen molar-refractivity contribution in [3.63, 3.8) is 0 Å². The molecule has 0 unspecified atom stereocenters. The molecule has 2 aromatic rings. The van der Waals surface area contributed by atoms with E-state index in [4.69, 9.17) is 4.74 Å². The highest BCUT2D eigenvalue weighted by molar-refractivity contribution is 5.99. The lowest BCUT2D eigenvalue weighted by molar-refractivity contribution is -0.137. The number of amides is 2. The van der Waals surface area contributed by atoms with Gasteiger partial charge in [-0.25, -0.2) is 4.79 Å². The minimum absolute atomic E-state index is 0. The molecule has 2 amide bonds. The van der Waals surface area contributed by atoms with Gasteiger partial charge in [0.2, 0.25) is 0 Å². The number of anilines is 2. The van der Waals surface area contributed by atoms with E-state index in [2.05, 4.69) is 16.0 Å². The van der Waals surface area contributed by atoms with Crippen molar-refractivity contribution in [2.75, 3.05) is 30.3 Å². The quantitative estimate of drug-likeness (QED) is 0.713. The van der Waals surface area contributed by atoms with Crippen LogP contribution in [0.15, 0.2) is 48.5 Å². The van der Waals surface area contributed by atoms with E-state index < -0.39 is 17.8 Å². The zero-order valence-electron chi connectivity index (χ0n) is 14.2. The first kappa shape index (κ1) is 21.0. The topological polar surface area (TPSA) is 62.4 Å². The molecule has 1 heterocycles. The summed E-state index contributed by atoms with van der Waals surface area (Å²) in [5.41, 5.74) is 1.08. The van der Waals surface area contributed by atoms with Crippen LogP contribution in [0.25, 0.3) is 0 Å². The fourth-order valence-corrected chi connectivity index (χ4v) is 2.60. The van der Waals surface area contributed by atoms with Gasteiger partial charge in [-0.05, 0) is 42.0 Å². The number of carbonyl (C=O) groups is 1. The smallest absolute Gasteiger partial charge is 0.371 e. The largest absolute Gasteiger partial charge is 0.416 e. The lowest BCUT2D eigenvalue weighted by atomic mass is 10.1. The Bertz CT molecular complexity index is 746. The number of hydrogen-bond acceptors (Lipinski definition) is 3. The molecule has 0 aliphatic carbocycles. The second-order valence-electron chi connectivity index (χ2n) is 5.84. The van der Waals surface area contributed by atoms with E-state index in [0.29, 0.717) is 12.3 Å². The third kappa shape index (κ3) is 5.85. The van der Waals surface area contributed by atoms with Gasteiger partial charge in [0.25, 0.3) is 0 Å². The number of benzene rings is 2. The fourth-order valence-electron chi connectivity index (χ4n) is 2.60. The summed E-state index contributed by atoms with van der Waals surface area (Å²) in [6.07, 6.45) is -4.42. The van der Waals surface area contributed by atoms with Crippen molar-refractivity contribution in [3.8, 4) is 0 Å². The monoisotopic (exact) mass is 401 g/mol. The van der Waals surface area contributed by atoms with E-state index in [9.17, 15) is 18.0 Å². The van der Waals surface area contributed by atoms with E-state index >= 15 is 0 Å². The lowest BCUT2D eigenvalue weighted by Crippen LogP contribution is -2.33. The van der Waals surface area contributed by atoms with E-state index in [1.54, 1.807) is 12.1 Å². The zero-order chi connectivity index (χ0) is 18.6. The van der Waals surface area contributed by atoms with Crippen molar-refractivity contribution in [2.24, 2.45) is 0 Å². The van der Waals surface area contributed by atoms with Gasteiger partial charge < -0.3 is 20.7 Å².